The number of esters is 1. The third-order valence-electron chi connectivity index (χ3n) is 5.80. The van der Waals surface area contributed by atoms with Gasteiger partial charge in [-0.05, 0) is 32.9 Å². The van der Waals surface area contributed by atoms with Gasteiger partial charge in [0.1, 0.15) is 24.2 Å². The van der Waals surface area contributed by atoms with Gasteiger partial charge in [-0.3, -0.25) is 23.7 Å². The quantitative estimate of drug-likeness (QED) is 0.179. The number of aromatic amines is 1. The van der Waals surface area contributed by atoms with E-state index in [1.807, 2.05) is 4.98 Å². The average molecular weight is 588 g/mol. The minimum absolute atomic E-state index is 0.0599. The van der Waals surface area contributed by atoms with Gasteiger partial charge in [0.15, 0.2) is 6.29 Å². The van der Waals surface area contributed by atoms with Gasteiger partial charge in [-0.1, -0.05) is 25.1 Å². The van der Waals surface area contributed by atoms with Crippen LogP contribution in [0.5, 0.6) is 5.75 Å². The summed E-state index contributed by atoms with van der Waals surface area (Å²) in [6.45, 7) is 7.15. The zero-order valence-corrected chi connectivity index (χ0v) is 23.6. The second-order valence-corrected chi connectivity index (χ2v) is 10.5. The van der Waals surface area contributed by atoms with E-state index in [1.54, 1.807) is 58.0 Å². The van der Waals surface area contributed by atoms with E-state index in [2.05, 4.69) is 5.09 Å². The summed E-state index contributed by atoms with van der Waals surface area (Å²) in [5.41, 5.74) is -2.09. The standard InChI is InChI=1S/C25H35FN3O10P/c1-5-22(30)38-19-13-21(29-14-18(26)23(31)27-25(29)32)37-20(19)15-36-40(33,39-17-11-9-8-10-12-17)28-16(4)24(34-6-2)35-7-3/h8-12,14,16,19-21,24H,5-7,13,15H2,1-4H3,(H,28,33)(H,27,31,32). The SMILES string of the molecule is CCOC(OCC)C(C)NP(=O)(OCC1OC(n2cc(F)c(=O)[nH]c2=O)CC1OC(=O)CC)Oc1ccccc1. The maximum atomic E-state index is 14.0. The molecule has 2 N–H and O–H groups in total. The van der Waals surface area contributed by atoms with E-state index in [0.717, 1.165) is 4.57 Å². The lowest BCUT2D eigenvalue weighted by Gasteiger charge is -2.29. The Morgan fingerprint density at radius 1 is 1.20 bits per heavy atom. The molecule has 0 aliphatic carbocycles. The van der Waals surface area contributed by atoms with Crippen LogP contribution in [-0.2, 0) is 32.8 Å². The van der Waals surface area contributed by atoms with Gasteiger partial charge in [-0.2, -0.15) is 4.39 Å². The first-order valence-electron chi connectivity index (χ1n) is 12.9. The number of halogens is 1. The zero-order valence-electron chi connectivity index (χ0n) is 22.7. The highest BCUT2D eigenvalue weighted by molar-refractivity contribution is 7.52. The topological polar surface area (TPSA) is 156 Å². The van der Waals surface area contributed by atoms with Crippen LogP contribution in [0.25, 0.3) is 0 Å². The van der Waals surface area contributed by atoms with Crippen LogP contribution in [0.4, 0.5) is 4.39 Å². The van der Waals surface area contributed by atoms with E-state index in [4.69, 9.17) is 28.0 Å². The molecule has 13 nitrogen and oxygen atoms in total. The first-order chi connectivity index (χ1) is 19.1. The molecular weight excluding hydrogens is 552 g/mol. The number of para-hydroxylation sites is 1. The molecule has 3 rings (SSSR count). The summed E-state index contributed by atoms with van der Waals surface area (Å²) in [5.74, 6) is -1.49. The van der Waals surface area contributed by atoms with Gasteiger partial charge in [0.25, 0.3) is 5.56 Å². The van der Waals surface area contributed by atoms with Crippen molar-refractivity contribution < 1.29 is 41.7 Å². The molecule has 0 bridgehead atoms. The Morgan fingerprint density at radius 3 is 2.50 bits per heavy atom. The summed E-state index contributed by atoms with van der Waals surface area (Å²) in [7, 11) is -4.14. The Morgan fingerprint density at radius 2 is 1.88 bits per heavy atom. The van der Waals surface area contributed by atoms with Gasteiger partial charge in [0.2, 0.25) is 5.82 Å². The molecule has 5 unspecified atom stereocenters. The number of nitrogens with one attached hydrogen (secondary N) is 2. The summed E-state index contributed by atoms with van der Waals surface area (Å²) in [5, 5.41) is 2.82. The number of carbonyl (C=O) groups is 1. The van der Waals surface area contributed by atoms with Crippen molar-refractivity contribution in [3.8, 4) is 5.75 Å². The summed E-state index contributed by atoms with van der Waals surface area (Å²) in [6, 6.07) is 7.68. The molecule has 2 aromatic rings. The number of hydrogen-bond donors (Lipinski definition) is 2. The Balaban J connectivity index is 1.84. The third kappa shape index (κ3) is 8.56. The largest absolute Gasteiger partial charge is 0.459 e. The predicted octanol–water partition coefficient (Wildman–Crippen LogP) is 2.87. The number of hydrogen-bond acceptors (Lipinski definition) is 10. The monoisotopic (exact) mass is 587 g/mol. The van der Waals surface area contributed by atoms with E-state index in [-0.39, 0.29) is 18.6 Å². The van der Waals surface area contributed by atoms with Gasteiger partial charge < -0.3 is 23.5 Å². The number of ether oxygens (including phenoxy) is 4. The minimum atomic E-state index is -4.14. The first-order valence-corrected chi connectivity index (χ1v) is 14.5. The summed E-state index contributed by atoms with van der Waals surface area (Å²) in [4.78, 5) is 37.7. The molecule has 1 aromatic carbocycles. The molecule has 1 saturated heterocycles. The first kappa shape index (κ1) is 31.7. The number of nitrogens with zero attached hydrogens (tertiary/aromatic N) is 1. The number of benzene rings is 1. The van der Waals surface area contributed by atoms with Crippen LogP contribution in [0.1, 0.15) is 46.8 Å². The fraction of sp³-hybridized carbons (Fsp3) is 0.560. The van der Waals surface area contributed by atoms with Crippen molar-refractivity contribution in [3.05, 3.63) is 63.2 Å². The highest BCUT2D eigenvalue weighted by Gasteiger charge is 2.42. The Hall–Kier alpha value is -2.87. The van der Waals surface area contributed by atoms with Gasteiger partial charge in [0.05, 0.1) is 18.8 Å². The Labute approximate surface area is 230 Å². The molecule has 0 radical (unpaired) electrons. The van der Waals surface area contributed by atoms with Crippen molar-refractivity contribution in [3.63, 3.8) is 0 Å². The highest BCUT2D eigenvalue weighted by atomic mass is 31.2. The van der Waals surface area contributed by atoms with E-state index in [0.29, 0.717) is 19.4 Å². The molecule has 5 atom stereocenters. The van der Waals surface area contributed by atoms with Gasteiger partial charge in [-0.25, -0.2) is 14.4 Å². The minimum Gasteiger partial charge on any atom is -0.459 e. The molecule has 0 amide bonds. The van der Waals surface area contributed by atoms with Crippen molar-refractivity contribution in [2.75, 3.05) is 19.8 Å². The molecule has 40 heavy (non-hydrogen) atoms. The number of H-pyrrole nitrogens is 1. The lowest BCUT2D eigenvalue weighted by atomic mass is 10.2. The normalized spacial score (nSPS) is 21.2. The predicted molar refractivity (Wildman–Crippen MR) is 140 cm³/mol. The van der Waals surface area contributed by atoms with E-state index < -0.39 is 68.2 Å². The van der Waals surface area contributed by atoms with Crippen LogP contribution in [-0.4, -0.2) is 59.9 Å². The molecule has 2 heterocycles. The van der Waals surface area contributed by atoms with E-state index >= 15 is 0 Å². The zero-order chi connectivity index (χ0) is 29.3. The van der Waals surface area contributed by atoms with Gasteiger partial charge in [0, 0.05) is 26.1 Å². The lowest BCUT2D eigenvalue weighted by Crippen LogP contribution is -2.41. The van der Waals surface area contributed by atoms with E-state index in [1.165, 1.54) is 0 Å². The second kappa shape index (κ2) is 14.7. The average Bonchev–Trinajstić information content (AvgIpc) is 3.32. The second-order valence-electron chi connectivity index (χ2n) is 8.78. The fourth-order valence-corrected chi connectivity index (χ4v) is 5.47. The van der Waals surface area contributed by atoms with Crippen molar-refractivity contribution >= 4 is 13.7 Å². The molecule has 0 saturated carbocycles. The van der Waals surface area contributed by atoms with E-state index in [9.17, 15) is 23.3 Å². The molecule has 15 heteroatoms. The summed E-state index contributed by atoms with van der Waals surface area (Å²) < 4.78 is 62.8. The number of rotatable bonds is 15. The molecule has 1 aromatic heterocycles. The van der Waals surface area contributed by atoms with Crippen molar-refractivity contribution in [2.45, 2.75) is 71.3 Å². The van der Waals surface area contributed by atoms with Crippen LogP contribution >= 0.6 is 7.75 Å². The molecule has 1 aliphatic heterocycles. The van der Waals surface area contributed by atoms with Crippen LogP contribution in [0.2, 0.25) is 0 Å². The number of carbonyl (C=O) groups excluding carboxylic acids is 1. The van der Waals surface area contributed by atoms with Crippen LogP contribution in [0, 0.1) is 5.82 Å². The number of aromatic nitrogens is 2. The Kier molecular flexibility index (Phi) is 11.6. The van der Waals surface area contributed by atoms with Crippen molar-refractivity contribution in [2.24, 2.45) is 0 Å². The maximum Gasteiger partial charge on any atom is 0.459 e. The third-order valence-corrected chi connectivity index (χ3v) is 7.46. The molecular formula is C25H35FN3O10P. The molecule has 222 valence electrons. The fourth-order valence-electron chi connectivity index (χ4n) is 3.93. The van der Waals surface area contributed by atoms with Gasteiger partial charge in [-0.15, -0.1) is 0 Å². The molecule has 0 spiro atoms. The van der Waals surface area contributed by atoms with Crippen molar-refractivity contribution in [1.29, 1.82) is 0 Å². The van der Waals surface area contributed by atoms with Crippen molar-refractivity contribution in [1.82, 2.24) is 14.6 Å². The summed E-state index contributed by atoms with van der Waals surface area (Å²) in [6.07, 6.45) is -3.13. The molecule has 1 fully saturated rings. The maximum absolute atomic E-state index is 14.0. The van der Waals surface area contributed by atoms with Crippen LogP contribution in [0.3, 0.4) is 0 Å². The highest BCUT2D eigenvalue weighted by Crippen LogP contribution is 2.46. The van der Waals surface area contributed by atoms with Crippen LogP contribution < -0.4 is 20.9 Å². The Bertz CT molecular complexity index is 1270. The lowest BCUT2D eigenvalue weighted by molar-refractivity contribution is -0.152. The smallest absolute Gasteiger partial charge is 0.459 e. The van der Waals surface area contributed by atoms with Gasteiger partial charge >= 0.3 is 19.4 Å². The molecule has 1 aliphatic rings. The summed E-state index contributed by atoms with van der Waals surface area (Å²) >= 11 is 0. The van der Waals surface area contributed by atoms with Crippen LogP contribution in [0.15, 0.2) is 46.1 Å².